The van der Waals surface area contributed by atoms with Gasteiger partial charge in [-0.3, -0.25) is 0 Å². The number of benzene rings is 1. The van der Waals surface area contributed by atoms with Gasteiger partial charge in [0.2, 0.25) is 0 Å². The van der Waals surface area contributed by atoms with Crippen LogP contribution in [0.15, 0.2) is 28.7 Å². The number of hydrogen-bond acceptors (Lipinski definition) is 4. The first kappa shape index (κ1) is 12.8. The quantitative estimate of drug-likeness (QED) is 0.913. The number of halogens is 2. The summed E-state index contributed by atoms with van der Waals surface area (Å²) in [5.41, 5.74) is 6.00. The Morgan fingerprint density at radius 2 is 2.11 bits per heavy atom. The molecule has 0 radical (unpaired) electrons. The average Bonchev–Trinajstić information content (AvgIpc) is 2.32. The third-order valence-corrected chi connectivity index (χ3v) is 2.80. The van der Waals surface area contributed by atoms with E-state index in [1.54, 1.807) is 18.2 Å². The number of nitrogens with two attached hydrogens (primary N) is 1. The summed E-state index contributed by atoms with van der Waals surface area (Å²) in [6.45, 7) is 1.93. The molecule has 1 aromatic heterocycles. The van der Waals surface area contributed by atoms with Crippen LogP contribution in [0.5, 0.6) is 0 Å². The van der Waals surface area contributed by atoms with Gasteiger partial charge < -0.3 is 11.1 Å². The molecule has 0 fully saturated rings. The van der Waals surface area contributed by atoms with E-state index in [0.717, 1.165) is 0 Å². The van der Waals surface area contributed by atoms with E-state index in [1.165, 1.54) is 6.07 Å². The Kier molecular flexibility index (Phi) is 3.76. The molecule has 6 heteroatoms. The number of rotatable bonds is 3. The second kappa shape index (κ2) is 5.30. The van der Waals surface area contributed by atoms with Crippen LogP contribution in [-0.2, 0) is 6.42 Å². The first-order valence-electron chi connectivity index (χ1n) is 5.44. The van der Waals surface area contributed by atoms with Gasteiger partial charge in [-0.05, 0) is 18.2 Å². The molecule has 1 heterocycles. The first-order chi connectivity index (χ1) is 8.58. The molecule has 0 spiro atoms. The van der Waals surface area contributed by atoms with Crippen molar-refractivity contribution in [1.82, 2.24) is 9.97 Å². The second-order valence-electron chi connectivity index (χ2n) is 3.70. The lowest BCUT2D eigenvalue weighted by molar-refractivity contribution is 0.631. The SMILES string of the molecule is CCc1nc(N)cc(Nc2ccc(Br)cc2F)n1. The van der Waals surface area contributed by atoms with E-state index in [9.17, 15) is 4.39 Å². The van der Waals surface area contributed by atoms with Gasteiger partial charge in [-0.25, -0.2) is 14.4 Å². The van der Waals surface area contributed by atoms with Crippen LogP contribution in [0.3, 0.4) is 0 Å². The summed E-state index contributed by atoms with van der Waals surface area (Å²) >= 11 is 3.20. The van der Waals surface area contributed by atoms with Crippen molar-refractivity contribution in [2.45, 2.75) is 13.3 Å². The number of aryl methyl sites for hydroxylation is 1. The van der Waals surface area contributed by atoms with Crippen molar-refractivity contribution < 1.29 is 4.39 Å². The highest BCUT2D eigenvalue weighted by Crippen LogP contribution is 2.22. The molecule has 0 aliphatic heterocycles. The Morgan fingerprint density at radius 1 is 1.33 bits per heavy atom. The standard InChI is InChI=1S/C12H12BrFN4/c1-2-11-17-10(15)6-12(18-11)16-9-4-3-7(13)5-8(9)14/h3-6H,2H2,1H3,(H3,15,16,17,18). The number of aromatic nitrogens is 2. The maximum atomic E-state index is 13.7. The first-order valence-corrected chi connectivity index (χ1v) is 6.23. The number of nitrogen functional groups attached to an aromatic ring is 1. The molecule has 0 aliphatic rings. The van der Waals surface area contributed by atoms with Gasteiger partial charge in [-0.2, -0.15) is 0 Å². The minimum atomic E-state index is -0.361. The highest BCUT2D eigenvalue weighted by molar-refractivity contribution is 9.10. The second-order valence-corrected chi connectivity index (χ2v) is 4.61. The highest BCUT2D eigenvalue weighted by atomic mass is 79.9. The Labute approximate surface area is 113 Å². The predicted octanol–water partition coefficient (Wildman–Crippen LogP) is 3.27. The van der Waals surface area contributed by atoms with Gasteiger partial charge >= 0.3 is 0 Å². The van der Waals surface area contributed by atoms with E-state index in [4.69, 9.17) is 5.73 Å². The van der Waals surface area contributed by atoms with Crippen LogP contribution >= 0.6 is 15.9 Å². The van der Waals surface area contributed by atoms with Crippen molar-refractivity contribution in [3.05, 3.63) is 40.4 Å². The summed E-state index contributed by atoms with van der Waals surface area (Å²) in [5, 5.41) is 2.89. The molecular weight excluding hydrogens is 299 g/mol. The molecule has 0 aliphatic carbocycles. The third kappa shape index (κ3) is 2.95. The maximum absolute atomic E-state index is 13.7. The molecule has 0 unspecified atom stereocenters. The van der Waals surface area contributed by atoms with E-state index in [1.807, 2.05) is 6.92 Å². The molecule has 0 bridgehead atoms. The largest absolute Gasteiger partial charge is 0.384 e. The Balaban J connectivity index is 2.30. The van der Waals surface area contributed by atoms with E-state index in [2.05, 4.69) is 31.2 Å². The Hall–Kier alpha value is -1.69. The van der Waals surface area contributed by atoms with Crippen molar-refractivity contribution in [1.29, 1.82) is 0 Å². The van der Waals surface area contributed by atoms with Crippen LogP contribution in [0, 0.1) is 5.82 Å². The summed E-state index contributed by atoms with van der Waals surface area (Å²) in [5.74, 6) is 1.11. The zero-order chi connectivity index (χ0) is 13.1. The van der Waals surface area contributed by atoms with Crippen molar-refractivity contribution in [2.24, 2.45) is 0 Å². The molecule has 0 saturated carbocycles. The molecule has 0 atom stereocenters. The third-order valence-electron chi connectivity index (χ3n) is 2.30. The molecule has 3 N–H and O–H groups in total. The fourth-order valence-electron chi connectivity index (χ4n) is 1.47. The summed E-state index contributed by atoms with van der Waals surface area (Å²) in [4.78, 5) is 8.29. The Morgan fingerprint density at radius 3 is 2.78 bits per heavy atom. The van der Waals surface area contributed by atoms with E-state index in [0.29, 0.717) is 34.0 Å². The van der Waals surface area contributed by atoms with Gasteiger partial charge in [0.1, 0.15) is 23.3 Å². The molecule has 2 rings (SSSR count). The molecule has 0 amide bonds. The van der Waals surface area contributed by atoms with E-state index in [-0.39, 0.29) is 5.82 Å². The number of nitrogens with one attached hydrogen (secondary N) is 1. The Bertz CT molecular complexity index is 574. The van der Waals surface area contributed by atoms with E-state index < -0.39 is 0 Å². The van der Waals surface area contributed by atoms with Crippen molar-refractivity contribution in [3.8, 4) is 0 Å². The summed E-state index contributed by atoms with van der Waals surface area (Å²) in [7, 11) is 0. The fourth-order valence-corrected chi connectivity index (χ4v) is 1.80. The van der Waals surface area contributed by atoms with Crippen LogP contribution in [-0.4, -0.2) is 9.97 Å². The lowest BCUT2D eigenvalue weighted by Gasteiger charge is -2.08. The topological polar surface area (TPSA) is 63.8 Å². The normalized spacial score (nSPS) is 10.4. The monoisotopic (exact) mass is 310 g/mol. The van der Waals surface area contributed by atoms with Gasteiger partial charge in [-0.15, -0.1) is 0 Å². The van der Waals surface area contributed by atoms with Crippen LogP contribution in [0.2, 0.25) is 0 Å². The lowest BCUT2D eigenvalue weighted by atomic mass is 10.3. The highest BCUT2D eigenvalue weighted by Gasteiger charge is 2.06. The van der Waals surface area contributed by atoms with Crippen LogP contribution in [0.25, 0.3) is 0 Å². The van der Waals surface area contributed by atoms with Crippen molar-refractivity contribution in [3.63, 3.8) is 0 Å². The van der Waals surface area contributed by atoms with Gasteiger partial charge in [-0.1, -0.05) is 22.9 Å². The number of hydrogen-bond donors (Lipinski definition) is 2. The van der Waals surface area contributed by atoms with Crippen molar-refractivity contribution in [2.75, 3.05) is 11.1 Å². The molecule has 2 aromatic rings. The van der Waals surface area contributed by atoms with Gasteiger partial charge in [0.15, 0.2) is 0 Å². The summed E-state index contributed by atoms with van der Waals surface area (Å²) in [6, 6.07) is 6.33. The summed E-state index contributed by atoms with van der Waals surface area (Å²) < 4.78 is 14.3. The molecule has 0 saturated heterocycles. The van der Waals surface area contributed by atoms with Gasteiger partial charge in [0.25, 0.3) is 0 Å². The fraction of sp³-hybridized carbons (Fsp3) is 0.167. The zero-order valence-electron chi connectivity index (χ0n) is 9.74. The number of nitrogens with zero attached hydrogens (tertiary/aromatic N) is 2. The zero-order valence-corrected chi connectivity index (χ0v) is 11.3. The lowest BCUT2D eigenvalue weighted by Crippen LogP contribution is -2.03. The van der Waals surface area contributed by atoms with Crippen LogP contribution < -0.4 is 11.1 Å². The average molecular weight is 311 g/mol. The predicted molar refractivity (Wildman–Crippen MR) is 73.2 cm³/mol. The smallest absolute Gasteiger partial charge is 0.147 e. The molecular formula is C12H12BrFN4. The molecule has 18 heavy (non-hydrogen) atoms. The van der Waals surface area contributed by atoms with Crippen LogP contribution in [0.1, 0.15) is 12.7 Å². The number of anilines is 3. The molecule has 4 nitrogen and oxygen atoms in total. The van der Waals surface area contributed by atoms with Crippen LogP contribution in [0.4, 0.5) is 21.7 Å². The molecule has 1 aromatic carbocycles. The molecule has 94 valence electrons. The van der Waals surface area contributed by atoms with Gasteiger partial charge in [0.05, 0.1) is 5.69 Å². The van der Waals surface area contributed by atoms with E-state index >= 15 is 0 Å². The minimum absolute atomic E-state index is 0.346. The maximum Gasteiger partial charge on any atom is 0.147 e. The minimum Gasteiger partial charge on any atom is -0.384 e. The van der Waals surface area contributed by atoms with Gasteiger partial charge in [0, 0.05) is 17.0 Å². The van der Waals surface area contributed by atoms with Crippen molar-refractivity contribution >= 4 is 33.3 Å². The summed E-state index contributed by atoms with van der Waals surface area (Å²) in [6.07, 6.45) is 0.669.